The van der Waals surface area contributed by atoms with Gasteiger partial charge in [0.05, 0.1) is 22.4 Å². The first-order valence-electron chi connectivity index (χ1n) is 8.83. The number of nitro groups is 1. The number of nitrogens with one attached hydrogen (secondary N) is 1. The van der Waals surface area contributed by atoms with Gasteiger partial charge < -0.3 is 10.1 Å². The topological polar surface area (TPSA) is 99.3 Å². The predicted octanol–water partition coefficient (Wildman–Crippen LogP) is 4.88. The van der Waals surface area contributed by atoms with Crippen LogP contribution in [0.4, 0.5) is 11.4 Å². The average molecular weight is 415 g/mol. The Labute approximate surface area is 172 Å². The number of amides is 1. The molecule has 0 atom stereocenters. The summed E-state index contributed by atoms with van der Waals surface area (Å²) in [6, 6.07) is 11.0. The number of hydrogen-bond acceptors (Lipinski definition) is 5. The van der Waals surface area contributed by atoms with Crippen LogP contribution in [0, 0.1) is 24.0 Å². The Hall–Kier alpha value is -3.39. The fourth-order valence-electron chi connectivity index (χ4n) is 2.66. The lowest BCUT2D eigenvalue weighted by Crippen LogP contribution is -2.15. The second kappa shape index (κ2) is 8.74. The van der Waals surface area contributed by atoms with Gasteiger partial charge in [-0.15, -0.1) is 0 Å². The maximum Gasteiger partial charge on any atom is 0.275 e. The molecule has 0 fully saturated rings. The molecule has 9 heteroatoms. The van der Waals surface area contributed by atoms with E-state index >= 15 is 0 Å². The Kier molecular flexibility index (Phi) is 6.13. The standard InChI is InChI=1S/C20H19ClN4O4/c1-13-9-17(3-4-19(13)21)29-18-11-15(10-16(12-18)25(27)28)22-20(26)6-8-24-7-5-14(2)23-24/h3-5,7,9-12H,6,8H2,1-2H3,(H,22,26). The number of non-ortho nitro benzene ring substituents is 1. The molecule has 0 spiro atoms. The minimum Gasteiger partial charge on any atom is -0.457 e. The first kappa shape index (κ1) is 20.3. The highest BCUT2D eigenvalue weighted by Gasteiger charge is 2.14. The van der Waals surface area contributed by atoms with E-state index in [-0.39, 0.29) is 29.5 Å². The highest BCUT2D eigenvalue weighted by molar-refractivity contribution is 6.31. The van der Waals surface area contributed by atoms with Gasteiger partial charge in [0, 0.05) is 36.3 Å². The van der Waals surface area contributed by atoms with Gasteiger partial charge in [-0.1, -0.05) is 11.6 Å². The van der Waals surface area contributed by atoms with Crippen molar-refractivity contribution in [2.24, 2.45) is 0 Å². The molecule has 1 aromatic heterocycles. The van der Waals surface area contributed by atoms with Crippen molar-refractivity contribution in [2.45, 2.75) is 26.8 Å². The van der Waals surface area contributed by atoms with E-state index in [9.17, 15) is 14.9 Å². The van der Waals surface area contributed by atoms with Gasteiger partial charge >= 0.3 is 0 Å². The smallest absolute Gasteiger partial charge is 0.275 e. The third kappa shape index (κ3) is 5.55. The van der Waals surface area contributed by atoms with Crippen LogP contribution in [-0.2, 0) is 11.3 Å². The van der Waals surface area contributed by atoms with Gasteiger partial charge in [-0.2, -0.15) is 5.10 Å². The summed E-state index contributed by atoms with van der Waals surface area (Å²) in [4.78, 5) is 23.0. The van der Waals surface area contributed by atoms with E-state index in [1.54, 1.807) is 29.1 Å². The number of rotatable bonds is 7. The van der Waals surface area contributed by atoms with E-state index in [4.69, 9.17) is 16.3 Å². The number of halogens is 1. The van der Waals surface area contributed by atoms with Crippen LogP contribution in [0.25, 0.3) is 0 Å². The Morgan fingerprint density at radius 3 is 2.66 bits per heavy atom. The van der Waals surface area contributed by atoms with Gasteiger partial charge in [0.2, 0.25) is 5.91 Å². The number of nitrogens with zero attached hydrogens (tertiary/aromatic N) is 3. The first-order valence-corrected chi connectivity index (χ1v) is 9.21. The van der Waals surface area contributed by atoms with Crippen molar-refractivity contribution in [3.8, 4) is 11.5 Å². The quantitative estimate of drug-likeness (QED) is 0.438. The van der Waals surface area contributed by atoms with Gasteiger partial charge in [-0.25, -0.2) is 0 Å². The molecule has 0 aliphatic carbocycles. The normalized spacial score (nSPS) is 10.6. The number of carbonyl (C=O) groups excluding carboxylic acids is 1. The van der Waals surface area contributed by atoms with Crippen molar-refractivity contribution in [2.75, 3.05) is 5.32 Å². The van der Waals surface area contributed by atoms with E-state index in [0.29, 0.717) is 17.3 Å². The molecule has 0 bridgehead atoms. The zero-order valence-electron chi connectivity index (χ0n) is 15.9. The zero-order valence-corrected chi connectivity index (χ0v) is 16.6. The number of nitro benzene ring substituents is 1. The Morgan fingerprint density at radius 2 is 2.00 bits per heavy atom. The van der Waals surface area contributed by atoms with Crippen LogP contribution in [0.3, 0.4) is 0 Å². The van der Waals surface area contributed by atoms with Gasteiger partial charge in [0.25, 0.3) is 5.69 Å². The lowest BCUT2D eigenvalue weighted by Gasteiger charge is -2.10. The summed E-state index contributed by atoms with van der Waals surface area (Å²) in [7, 11) is 0. The average Bonchev–Trinajstić information content (AvgIpc) is 3.08. The fraction of sp³-hybridized carbons (Fsp3) is 0.200. The number of ether oxygens (including phenoxy) is 1. The SMILES string of the molecule is Cc1ccn(CCC(=O)Nc2cc(Oc3ccc(Cl)c(C)c3)cc([N+](=O)[O-])c2)n1. The van der Waals surface area contributed by atoms with Crippen LogP contribution in [0.1, 0.15) is 17.7 Å². The van der Waals surface area contributed by atoms with E-state index in [1.165, 1.54) is 18.2 Å². The van der Waals surface area contributed by atoms with Crippen molar-refractivity contribution >= 4 is 28.9 Å². The molecular formula is C20H19ClN4O4. The van der Waals surface area contributed by atoms with E-state index in [0.717, 1.165) is 11.3 Å². The highest BCUT2D eigenvalue weighted by atomic mass is 35.5. The lowest BCUT2D eigenvalue weighted by atomic mass is 10.2. The Balaban J connectivity index is 1.74. The largest absolute Gasteiger partial charge is 0.457 e. The van der Waals surface area contributed by atoms with Crippen molar-refractivity contribution < 1.29 is 14.5 Å². The second-order valence-corrected chi connectivity index (χ2v) is 6.91. The monoisotopic (exact) mass is 414 g/mol. The van der Waals surface area contributed by atoms with Crippen LogP contribution in [0.5, 0.6) is 11.5 Å². The van der Waals surface area contributed by atoms with Gasteiger partial charge in [-0.05, 0) is 43.7 Å². The molecule has 150 valence electrons. The van der Waals surface area contributed by atoms with Crippen LogP contribution in [0.2, 0.25) is 5.02 Å². The summed E-state index contributed by atoms with van der Waals surface area (Å²) >= 11 is 6.01. The summed E-state index contributed by atoms with van der Waals surface area (Å²) in [5.41, 5.74) is 1.77. The fourth-order valence-corrected chi connectivity index (χ4v) is 2.78. The molecule has 29 heavy (non-hydrogen) atoms. The van der Waals surface area contributed by atoms with Crippen molar-refractivity contribution in [1.29, 1.82) is 0 Å². The highest BCUT2D eigenvalue weighted by Crippen LogP contribution is 2.31. The van der Waals surface area contributed by atoms with Crippen molar-refractivity contribution in [3.05, 3.63) is 75.1 Å². The van der Waals surface area contributed by atoms with Gasteiger partial charge in [0.15, 0.2) is 0 Å². The summed E-state index contributed by atoms with van der Waals surface area (Å²) in [6.07, 6.45) is 1.96. The molecule has 1 amide bonds. The maximum atomic E-state index is 12.2. The molecule has 0 aliphatic heterocycles. The molecule has 1 heterocycles. The predicted molar refractivity (Wildman–Crippen MR) is 110 cm³/mol. The summed E-state index contributed by atoms with van der Waals surface area (Å²) in [6.45, 7) is 4.10. The molecule has 0 saturated heterocycles. The second-order valence-electron chi connectivity index (χ2n) is 6.50. The summed E-state index contributed by atoms with van der Waals surface area (Å²) < 4.78 is 7.40. The number of benzene rings is 2. The third-order valence-corrected chi connectivity index (χ3v) is 4.52. The van der Waals surface area contributed by atoms with Crippen molar-refractivity contribution in [1.82, 2.24) is 9.78 Å². The zero-order chi connectivity index (χ0) is 21.0. The number of anilines is 1. The molecule has 3 rings (SSSR count). The molecule has 0 saturated carbocycles. The molecular weight excluding hydrogens is 396 g/mol. The van der Waals surface area contributed by atoms with Gasteiger partial charge in [0.1, 0.15) is 11.5 Å². The Bertz CT molecular complexity index is 1060. The lowest BCUT2D eigenvalue weighted by molar-refractivity contribution is -0.384. The third-order valence-electron chi connectivity index (χ3n) is 4.09. The van der Waals surface area contributed by atoms with E-state index in [2.05, 4.69) is 10.4 Å². The number of hydrogen-bond donors (Lipinski definition) is 1. The van der Waals surface area contributed by atoms with E-state index < -0.39 is 4.92 Å². The minimum atomic E-state index is -0.540. The van der Waals surface area contributed by atoms with Crippen LogP contribution in [-0.4, -0.2) is 20.6 Å². The molecule has 0 aliphatic rings. The van der Waals surface area contributed by atoms with Crippen LogP contribution in [0.15, 0.2) is 48.7 Å². The number of carbonyl (C=O) groups is 1. The van der Waals surface area contributed by atoms with Crippen molar-refractivity contribution in [3.63, 3.8) is 0 Å². The molecule has 1 N–H and O–H groups in total. The first-order chi connectivity index (χ1) is 13.8. The van der Waals surface area contributed by atoms with E-state index in [1.807, 2.05) is 19.9 Å². The maximum absolute atomic E-state index is 12.2. The van der Waals surface area contributed by atoms with Crippen LogP contribution >= 0.6 is 11.6 Å². The van der Waals surface area contributed by atoms with Crippen LogP contribution < -0.4 is 10.1 Å². The summed E-state index contributed by atoms with van der Waals surface area (Å²) in [5.74, 6) is 0.435. The molecule has 8 nitrogen and oxygen atoms in total. The molecule has 0 radical (unpaired) electrons. The minimum absolute atomic E-state index is 0.177. The van der Waals surface area contributed by atoms with Gasteiger partial charge in [-0.3, -0.25) is 19.6 Å². The Morgan fingerprint density at radius 1 is 1.21 bits per heavy atom. The molecule has 0 unspecified atom stereocenters. The number of aromatic nitrogens is 2. The molecule has 3 aromatic rings. The number of aryl methyl sites for hydroxylation is 3. The summed E-state index contributed by atoms with van der Waals surface area (Å²) in [5, 5.41) is 18.8. The molecule has 2 aromatic carbocycles.